The van der Waals surface area contributed by atoms with E-state index in [1.807, 2.05) is 0 Å². The molecule has 0 aliphatic carbocycles. The first-order chi connectivity index (χ1) is 9.17. The highest BCUT2D eigenvalue weighted by Gasteiger charge is 2.18. The zero-order valence-electron chi connectivity index (χ0n) is 12.6. The predicted octanol–water partition coefficient (Wildman–Crippen LogP) is 2.28. The number of amides is 1. The van der Waals surface area contributed by atoms with E-state index >= 15 is 0 Å². The Labute approximate surface area is 118 Å². The van der Waals surface area contributed by atoms with E-state index in [0.717, 1.165) is 0 Å². The van der Waals surface area contributed by atoms with Crippen LogP contribution in [0.5, 0.6) is 0 Å². The zero-order valence-corrected chi connectivity index (χ0v) is 12.6. The van der Waals surface area contributed by atoms with Gasteiger partial charge in [-0.15, -0.1) is 0 Å². The first kappa shape index (κ1) is 16.2. The van der Waals surface area contributed by atoms with Crippen molar-refractivity contribution in [2.45, 2.75) is 59.1 Å². The second kappa shape index (κ2) is 6.54. The summed E-state index contributed by atoms with van der Waals surface area (Å²) in [6.45, 7) is 8.93. The van der Waals surface area contributed by atoms with E-state index in [4.69, 9.17) is 9.15 Å². The summed E-state index contributed by atoms with van der Waals surface area (Å²) in [4.78, 5) is 27.2. The molecule has 1 unspecified atom stereocenters. The van der Waals surface area contributed by atoms with Crippen molar-refractivity contribution < 1.29 is 18.7 Å². The molecule has 1 N–H and O–H groups in total. The molecule has 0 saturated heterocycles. The van der Waals surface area contributed by atoms with E-state index in [2.05, 4.69) is 10.3 Å². The van der Waals surface area contributed by atoms with Gasteiger partial charge in [0.15, 0.2) is 0 Å². The molecule has 0 fully saturated rings. The highest BCUT2D eigenvalue weighted by Crippen LogP contribution is 2.13. The Hall–Kier alpha value is -1.85. The number of oxazole rings is 1. The largest absolute Gasteiger partial charge is 0.460 e. The lowest BCUT2D eigenvalue weighted by Crippen LogP contribution is -2.29. The number of nitrogens with one attached hydrogen (secondary N) is 1. The molecule has 112 valence electrons. The topological polar surface area (TPSA) is 81.4 Å². The Kier molecular flexibility index (Phi) is 5.30. The van der Waals surface area contributed by atoms with E-state index in [0.29, 0.717) is 11.7 Å². The van der Waals surface area contributed by atoms with Gasteiger partial charge in [-0.2, -0.15) is 0 Å². The average molecular weight is 282 g/mol. The van der Waals surface area contributed by atoms with Crippen molar-refractivity contribution in [2.75, 3.05) is 0 Å². The zero-order chi connectivity index (χ0) is 15.3. The molecule has 0 aliphatic rings. The van der Waals surface area contributed by atoms with Gasteiger partial charge >= 0.3 is 5.97 Å². The predicted molar refractivity (Wildman–Crippen MR) is 72.9 cm³/mol. The Balaban J connectivity index is 2.35. The summed E-state index contributed by atoms with van der Waals surface area (Å²) in [5.41, 5.74) is -0.531. The van der Waals surface area contributed by atoms with Gasteiger partial charge in [0.05, 0.1) is 12.6 Å². The van der Waals surface area contributed by atoms with Crippen LogP contribution < -0.4 is 5.32 Å². The van der Waals surface area contributed by atoms with Gasteiger partial charge in [-0.1, -0.05) is 0 Å². The van der Waals surface area contributed by atoms with E-state index in [1.165, 1.54) is 0 Å². The van der Waals surface area contributed by atoms with Crippen LogP contribution in [-0.4, -0.2) is 22.5 Å². The number of rotatable bonds is 5. The molecule has 1 atom stereocenters. The maximum absolute atomic E-state index is 11.7. The van der Waals surface area contributed by atoms with Gasteiger partial charge in [0.25, 0.3) is 0 Å². The summed E-state index contributed by atoms with van der Waals surface area (Å²) in [7, 11) is 0. The minimum Gasteiger partial charge on any atom is -0.460 e. The van der Waals surface area contributed by atoms with Gasteiger partial charge in [-0.05, 0) is 34.6 Å². The van der Waals surface area contributed by atoms with E-state index in [9.17, 15) is 9.59 Å². The van der Waals surface area contributed by atoms with Crippen LogP contribution in [0.15, 0.2) is 10.6 Å². The van der Waals surface area contributed by atoms with Gasteiger partial charge in [0.2, 0.25) is 11.8 Å². The fourth-order valence-corrected chi connectivity index (χ4v) is 1.56. The van der Waals surface area contributed by atoms with E-state index in [-0.39, 0.29) is 30.8 Å². The van der Waals surface area contributed by atoms with Crippen molar-refractivity contribution in [2.24, 2.45) is 0 Å². The number of aryl methyl sites for hydroxylation is 1. The molecular formula is C14H22N2O4. The van der Waals surface area contributed by atoms with Crippen molar-refractivity contribution in [1.82, 2.24) is 10.3 Å². The molecular weight excluding hydrogens is 260 g/mol. The molecule has 0 aromatic carbocycles. The lowest BCUT2D eigenvalue weighted by atomic mass is 10.2. The van der Waals surface area contributed by atoms with Crippen molar-refractivity contribution in [3.63, 3.8) is 0 Å². The Morgan fingerprint density at radius 3 is 2.55 bits per heavy atom. The Morgan fingerprint density at radius 1 is 1.40 bits per heavy atom. The van der Waals surface area contributed by atoms with Crippen LogP contribution in [0.4, 0.5) is 0 Å². The molecule has 0 bridgehead atoms. The van der Waals surface area contributed by atoms with Crippen LogP contribution in [-0.2, 0) is 14.3 Å². The third-order valence-corrected chi connectivity index (χ3v) is 2.36. The standard InChI is InChI=1S/C14H22N2O4/c1-9-8-15-13(19-9)10(2)16-11(17)6-7-12(18)20-14(3,4)5/h8,10H,6-7H2,1-5H3,(H,16,17). The highest BCUT2D eigenvalue weighted by atomic mass is 16.6. The van der Waals surface area contributed by atoms with Crippen LogP contribution in [0.1, 0.15) is 58.2 Å². The van der Waals surface area contributed by atoms with Gasteiger partial charge in [0, 0.05) is 6.42 Å². The molecule has 1 aromatic rings. The summed E-state index contributed by atoms with van der Waals surface area (Å²) < 4.78 is 10.5. The third kappa shape index (κ3) is 5.86. The minimum absolute atomic E-state index is 0.0560. The molecule has 1 heterocycles. The highest BCUT2D eigenvalue weighted by molar-refractivity contribution is 5.81. The molecule has 0 aliphatic heterocycles. The average Bonchev–Trinajstić information content (AvgIpc) is 2.71. The number of hydrogen-bond acceptors (Lipinski definition) is 5. The Morgan fingerprint density at radius 2 is 2.05 bits per heavy atom. The maximum Gasteiger partial charge on any atom is 0.306 e. The number of nitrogens with zero attached hydrogens (tertiary/aromatic N) is 1. The van der Waals surface area contributed by atoms with E-state index in [1.54, 1.807) is 40.8 Å². The molecule has 0 radical (unpaired) electrons. The molecule has 1 aromatic heterocycles. The summed E-state index contributed by atoms with van der Waals surface area (Å²) in [5, 5.41) is 2.72. The molecule has 6 heteroatoms. The third-order valence-electron chi connectivity index (χ3n) is 2.36. The first-order valence-corrected chi connectivity index (χ1v) is 6.61. The second-order valence-electron chi connectivity index (χ2n) is 5.68. The number of ether oxygens (including phenoxy) is 1. The SMILES string of the molecule is Cc1cnc(C(C)NC(=O)CCC(=O)OC(C)(C)C)o1. The minimum atomic E-state index is -0.531. The molecule has 1 amide bonds. The summed E-state index contributed by atoms with van der Waals surface area (Å²) in [5.74, 6) is 0.523. The van der Waals surface area contributed by atoms with Crippen LogP contribution >= 0.6 is 0 Å². The molecule has 1 rings (SSSR count). The van der Waals surface area contributed by atoms with Gasteiger partial charge in [-0.25, -0.2) is 4.98 Å². The van der Waals surface area contributed by atoms with Gasteiger partial charge < -0.3 is 14.5 Å². The number of carbonyl (C=O) groups excluding carboxylic acids is 2. The molecule has 0 saturated carbocycles. The fraction of sp³-hybridized carbons (Fsp3) is 0.643. The fourth-order valence-electron chi connectivity index (χ4n) is 1.56. The van der Waals surface area contributed by atoms with Crippen molar-refractivity contribution in [3.05, 3.63) is 17.8 Å². The quantitative estimate of drug-likeness (QED) is 0.838. The number of carbonyl (C=O) groups is 2. The second-order valence-corrected chi connectivity index (χ2v) is 5.68. The smallest absolute Gasteiger partial charge is 0.306 e. The summed E-state index contributed by atoms with van der Waals surface area (Å²) >= 11 is 0. The molecule has 0 spiro atoms. The Bertz CT molecular complexity index is 474. The number of hydrogen-bond donors (Lipinski definition) is 1. The van der Waals surface area contributed by atoms with Gasteiger partial charge in [0.1, 0.15) is 17.4 Å². The summed E-state index contributed by atoms with van der Waals surface area (Å²) in [6, 6.07) is -0.324. The van der Waals surface area contributed by atoms with Crippen molar-refractivity contribution >= 4 is 11.9 Å². The van der Waals surface area contributed by atoms with Crippen LogP contribution in [0.2, 0.25) is 0 Å². The lowest BCUT2D eigenvalue weighted by molar-refractivity contribution is -0.155. The normalized spacial score (nSPS) is 12.8. The lowest BCUT2D eigenvalue weighted by Gasteiger charge is -2.19. The molecule has 6 nitrogen and oxygen atoms in total. The van der Waals surface area contributed by atoms with E-state index < -0.39 is 5.60 Å². The number of esters is 1. The maximum atomic E-state index is 11.7. The molecule has 20 heavy (non-hydrogen) atoms. The van der Waals surface area contributed by atoms with Crippen LogP contribution in [0.25, 0.3) is 0 Å². The first-order valence-electron chi connectivity index (χ1n) is 6.61. The van der Waals surface area contributed by atoms with Crippen molar-refractivity contribution in [1.29, 1.82) is 0 Å². The van der Waals surface area contributed by atoms with Crippen LogP contribution in [0, 0.1) is 6.92 Å². The summed E-state index contributed by atoms with van der Waals surface area (Å²) in [6.07, 6.45) is 1.73. The monoisotopic (exact) mass is 282 g/mol. The van der Waals surface area contributed by atoms with Crippen LogP contribution in [0.3, 0.4) is 0 Å². The number of aromatic nitrogens is 1. The van der Waals surface area contributed by atoms with Crippen molar-refractivity contribution in [3.8, 4) is 0 Å². The van der Waals surface area contributed by atoms with Gasteiger partial charge in [-0.3, -0.25) is 9.59 Å².